The molecule has 0 bridgehead atoms. The summed E-state index contributed by atoms with van der Waals surface area (Å²) in [6.45, 7) is 4.58. The fraction of sp³-hybridized carbons (Fsp3) is 0.586. The summed E-state index contributed by atoms with van der Waals surface area (Å²) < 4.78 is 64.7. The Bertz CT molecular complexity index is 973. The number of rotatable bonds is 7. The van der Waals surface area contributed by atoms with Crippen LogP contribution in [-0.2, 0) is 0 Å². The molecule has 1 nitrogen and oxygen atoms in total. The predicted octanol–water partition coefficient (Wildman–Crippen LogP) is 9.16. The lowest BCUT2D eigenvalue weighted by atomic mass is 9.75. The summed E-state index contributed by atoms with van der Waals surface area (Å²) in [5.41, 5.74) is 1.29. The Hall–Kier alpha value is -2.04. The van der Waals surface area contributed by atoms with Crippen molar-refractivity contribution in [2.75, 3.05) is 6.61 Å². The Kier molecular flexibility index (Phi) is 8.21. The highest BCUT2D eigenvalue weighted by atomic mass is 19.2. The van der Waals surface area contributed by atoms with Crippen molar-refractivity contribution in [3.05, 3.63) is 64.2 Å². The van der Waals surface area contributed by atoms with E-state index >= 15 is 8.78 Å². The van der Waals surface area contributed by atoms with Gasteiger partial charge in [-0.15, -0.1) is 0 Å². The fourth-order valence-corrected chi connectivity index (χ4v) is 5.80. The number of benzene rings is 2. The topological polar surface area (TPSA) is 9.23 Å². The molecule has 0 N–H and O–H groups in total. The van der Waals surface area contributed by atoms with Crippen LogP contribution >= 0.6 is 0 Å². The number of halogens is 4. The van der Waals surface area contributed by atoms with Gasteiger partial charge in [-0.1, -0.05) is 51.3 Å². The molecule has 2 aromatic carbocycles. The average molecular weight is 477 g/mol. The summed E-state index contributed by atoms with van der Waals surface area (Å²) in [4.78, 5) is 0. The van der Waals surface area contributed by atoms with E-state index < -0.39 is 23.3 Å². The van der Waals surface area contributed by atoms with Crippen molar-refractivity contribution in [1.82, 2.24) is 0 Å². The van der Waals surface area contributed by atoms with Gasteiger partial charge in [0.05, 0.1) is 6.61 Å². The molecule has 186 valence electrons. The lowest BCUT2D eigenvalue weighted by Gasteiger charge is -2.31. The maximum atomic E-state index is 15.1. The second-order valence-electron chi connectivity index (χ2n) is 10.4. The Labute approximate surface area is 200 Å². The Morgan fingerprint density at radius 2 is 1.06 bits per heavy atom. The van der Waals surface area contributed by atoms with Gasteiger partial charge in [0.2, 0.25) is 5.82 Å². The van der Waals surface area contributed by atoms with Crippen LogP contribution in [0.2, 0.25) is 0 Å². The minimum atomic E-state index is -0.934. The van der Waals surface area contributed by atoms with Crippen LogP contribution in [0, 0.1) is 29.2 Å². The SMILES string of the molecule is CCCCOc1ccc(C2CCC(c3ccc(C4CCC(C)CC4)c(F)c3F)CC2)c(F)c1F. The molecule has 5 heteroatoms. The summed E-state index contributed by atoms with van der Waals surface area (Å²) in [5.74, 6) is -2.71. The van der Waals surface area contributed by atoms with Crippen molar-refractivity contribution in [2.24, 2.45) is 5.92 Å². The van der Waals surface area contributed by atoms with Gasteiger partial charge in [0.25, 0.3) is 0 Å². The molecule has 34 heavy (non-hydrogen) atoms. The molecule has 0 atom stereocenters. The molecule has 2 aromatic rings. The van der Waals surface area contributed by atoms with Crippen molar-refractivity contribution in [2.45, 2.75) is 95.8 Å². The van der Waals surface area contributed by atoms with Crippen LogP contribution in [0.5, 0.6) is 5.75 Å². The summed E-state index contributed by atoms with van der Waals surface area (Å²) >= 11 is 0. The third-order valence-electron chi connectivity index (χ3n) is 8.04. The van der Waals surface area contributed by atoms with Crippen LogP contribution in [0.15, 0.2) is 24.3 Å². The summed E-state index contributed by atoms with van der Waals surface area (Å²) in [7, 11) is 0. The van der Waals surface area contributed by atoms with Gasteiger partial charge >= 0.3 is 0 Å². The first-order chi connectivity index (χ1) is 16.4. The van der Waals surface area contributed by atoms with Crippen molar-refractivity contribution in [1.29, 1.82) is 0 Å². The second-order valence-corrected chi connectivity index (χ2v) is 10.4. The van der Waals surface area contributed by atoms with Gasteiger partial charge in [-0.2, -0.15) is 4.39 Å². The zero-order chi connectivity index (χ0) is 24.2. The molecule has 0 heterocycles. The molecular formula is C29H36F4O. The van der Waals surface area contributed by atoms with Crippen LogP contribution in [0.3, 0.4) is 0 Å². The van der Waals surface area contributed by atoms with Crippen LogP contribution in [-0.4, -0.2) is 6.61 Å². The monoisotopic (exact) mass is 476 g/mol. The highest BCUT2D eigenvalue weighted by Gasteiger charge is 2.31. The van der Waals surface area contributed by atoms with Crippen LogP contribution < -0.4 is 4.74 Å². The minimum absolute atomic E-state index is 0.0477. The van der Waals surface area contributed by atoms with E-state index in [-0.39, 0.29) is 23.5 Å². The largest absolute Gasteiger partial charge is 0.490 e. The fourth-order valence-electron chi connectivity index (χ4n) is 5.80. The van der Waals surface area contributed by atoms with Crippen molar-refractivity contribution < 1.29 is 22.3 Å². The zero-order valence-corrected chi connectivity index (χ0v) is 20.3. The van der Waals surface area contributed by atoms with E-state index in [1.165, 1.54) is 6.07 Å². The molecule has 2 saturated carbocycles. The normalized spacial score (nSPS) is 25.4. The summed E-state index contributed by atoms with van der Waals surface area (Å²) in [6.07, 6.45) is 8.10. The van der Waals surface area contributed by atoms with Gasteiger partial charge in [-0.25, -0.2) is 13.2 Å². The first-order valence-electron chi connectivity index (χ1n) is 13.0. The van der Waals surface area contributed by atoms with Gasteiger partial charge in [0, 0.05) is 0 Å². The third kappa shape index (κ3) is 5.28. The molecule has 2 fully saturated rings. The van der Waals surface area contributed by atoms with Gasteiger partial charge in [0.15, 0.2) is 23.2 Å². The molecule has 0 unspecified atom stereocenters. The Morgan fingerprint density at radius 3 is 1.53 bits per heavy atom. The Morgan fingerprint density at radius 1 is 0.647 bits per heavy atom. The summed E-state index contributed by atoms with van der Waals surface area (Å²) in [5, 5.41) is 0. The van der Waals surface area contributed by atoms with Crippen LogP contribution in [0.4, 0.5) is 17.6 Å². The molecule has 2 aliphatic carbocycles. The molecule has 0 spiro atoms. The van der Waals surface area contributed by atoms with Crippen molar-refractivity contribution in [3.63, 3.8) is 0 Å². The van der Waals surface area contributed by atoms with E-state index in [1.807, 2.05) is 6.92 Å². The van der Waals surface area contributed by atoms with E-state index in [4.69, 9.17) is 4.74 Å². The maximum Gasteiger partial charge on any atom is 0.200 e. The molecule has 0 amide bonds. The number of hydrogen-bond donors (Lipinski definition) is 0. The molecule has 2 aliphatic rings. The molecule has 0 aromatic heterocycles. The van der Waals surface area contributed by atoms with Crippen molar-refractivity contribution >= 4 is 0 Å². The first kappa shape index (κ1) is 25.1. The van der Waals surface area contributed by atoms with Gasteiger partial charge in [-0.05, 0) is 91.4 Å². The first-order valence-corrected chi connectivity index (χ1v) is 13.0. The van der Waals surface area contributed by atoms with Crippen LogP contribution in [0.25, 0.3) is 0 Å². The van der Waals surface area contributed by atoms with Gasteiger partial charge < -0.3 is 4.74 Å². The average Bonchev–Trinajstić information content (AvgIpc) is 2.85. The highest BCUT2D eigenvalue weighted by molar-refractivity contribution is 5.35. The van der Waals surface area contributed by atoms with Gasteiger partial charge in [-0.3, -0.25) is 0 Å². The standard InChI is InChI=1S/C29H36F4O/c1-3-4-17-34-25-16-15-24(28(32)29(25)33)21-11-9-20(10-12-21)23-14-13-22(26(30)27(23)31)19-7-5-18(2)6-8-19/h13-16,18-21H,3-12,17H2,1-2H3. The highest BCUT2D eigenvalue weighted by Crippen LogP contribution is 2.44. The zero-order valence-electron chi connectivity index (χ0n) is 20.3. The number of ether oxygens (including phenoxy) is 1. The van der Waals surface area contributed by atoms with E-state index in [1.54, 1.807) is 18.2 Å². The quantitative estimate of drug-likeness (QED) is 0.286. The van der Waals surface area contributed by atoms with E-state index in [9.17, 15) is 8.78 Å². The minimum Gasteiger partial charge on any atom is -0.490 e. The lowest BCUT2D eigenvalue weighted by Crippen LogP contribution is -2.17. The van der Waals surface area contributed by atoms with Crippen molar-refractivity contribution in [3.8, 4) is 5.75 Å². The van der Waals surface area contributed by atoms with Crippen LogP contribution in [0.1, 0.15) is 112 Å². The maximum absolute atomic E-state index is 15.1. The molecule has 0 aliphatic heterocycles. The predicted molar refractivity (Wildman–Crippen MR) is 127 cm³/mol. The summed E-state index contributed by atoms with van der Waals surface area (Å²) in [6, 6.07) is 6.67. The lowest BCUT2D eigenvalue weighted by molar-refractivity contribution is 0.286. The third-order valence-corrected chi connectivity index (χ3v) is 8.04. The van der Waals surface area contributed by atoms with Gasteiger partial charge in [0.1, 0.15) is 0 Å². The van der Waals surface area contributed by atoms with E-state index in [2.05, 4.69) is 6.92 Å². The molecule has 0 saturated heterocycles. The molecule has 0 radical (unpaired) electrons. The number of hydrogen-bond acceptors (Lipinski definition) is 1. The second kappa shape index (κ2) is 11.1. The Balaban J connectivity index is 1.42. The number of unbranched alkanes of at least 4 members (excludes halogenated alkanes) is 1. The smallest absolute Gasteiger partial charge is 0.200 e. The van der Waals surface area contributed by atoms with E-state index in [0.29, 0.717) is 54.9 Å². The molecule has 4 rings (SSSR count). The van der Waals surface area contributed by atoms with E-state index in [0.717, 1.165) is 38.5 Å². The molecular weight excluding hydrogens is 440 g/mol.